The van der Waals surface area contributed by atoms with Crippen LogP contribution < -0.4 is 16.4 Å². The SMILES string of the molecule is Cc1ccccc1CNC(C)c1ccc(NC(N)=O)cc1. The topological polar surface area (TPSA) is 67.2 Å². The number of anilines is 1. The first-order chi connectivity index (χ1) is 10.1. The number of nitrogens with one attached hydrogen (secondary N) is 2. The quantitative estimate of drug-likeness (QED) is 0.788. The third-order valence-corrected chi connectivity index (χ3v) is 3.54. The van der Waals surface area contributed by atoms with Crippen LogP contribution in [0, 0.1) is 6.92 Å². The summed E-state index contributed by atoms with van der Waals surface area (Å²) in [5, 5.41) is 6.06. The van der Waals surface area contributed by atoms with Gasteiger partial charge in [0.05, 0.1) is 0 Å². The Morgan fingerprint density at radius 2 is 1.81 bits per heavy atom. The molecule has 0 saturated carbocycles. The second kappa shape index (κ2) is 6.90. The van der Waals surface area contributed by atoms with Crippen LogP contribution in [-0.4, -0.2) is 6.03 Å². The van der Waals surface area contributed by atoms with Crippen LogP contribution in [0.15, 0.2) is 48.5 Å². The monoisotopic (exact) mass is 283 g/mol. The number of benzene rings is 2. The molecule has 2 aromatic rings. The fourth-order valence-corrected chi connectivity index (χ4v) is 2.19. The molecule has 0 aliphatic carbocycles. The second-order valence-corrected chi connectivity index (χ2v) is 5.14. The van der Waals surface area contributed by atoms with E-state index in [0.29, 0.717) is 5.69 Å². The largest absolute Gasteiger partial charge is 0.351 e. The summed E-state index contributed by atoms with van der Waals surface area (Å²) in [4.78, 5) is 10.8. The molecule has 0 aliphatic heterocycles. The van der Waals surface area contributed by atoms with E-state index in [2.05, 4.69) is 42.7 Å². The van der Waals surface area contributed by atoms with Gasteiger partial charge in [-0.3, -0.25) is 0 Å². The molecule has 1 unspecified atom stereocenters. The van der Waals surface area contributed by atoms with Crippen LogP contribution in [0.3, 0.4) is 0 Å². The van der Waals surface area contributed by atoms with Gasteiger partial charge >= 0.3 is 6.03 Å². The number of hydrogen-bond donors (Lipinski definition) is 3. The van der Waals surface area contributed by atoms with E-state index in [1.54, 1.807) is 0 Å². The van der Waals surface area contributed by atoms with E-state index in [-0.39, 0.29) is 6.04 Å². The van der Waals surface area contributed by atoms with Crippen molar-refractivity contribution in [2.75, 3.05) is 5.32 Å². The molecule has 0 radical (unpaired) electrons. The van der Waals surface area contributed by atoms with Gasteiger partial charge in [0.1, 0.15) is 0 Å². The van der Waals surface area contributed by atoms with Gasteiger partial charge in [0.25, 0.3) is 0 Å². The molecule has 0 aromatic heterocycles. The van der Waals surface area contributed by atoms with E-state index >= 15 is 0 Å². The number of carbonyl (C=O) groups excluding carboxylic acids is 1. The number of nitrogens with two attached hydrogens (primary N) is 1. The van der Waals surface area contributed by atoms with E-state index in [9.17, 15) is 4.79 Å². The lowest BCUT2D eigenvalue weighted by atomic mass is 10.1. The standard InChI is InChI=1S/C17H21N3O/c1-12-5-3-4-6-15(12)11-19-13(2)14-7-9-16(10-8-14)20-17(18)21/h3-10,13,19H,11H2,1-2H3,(H3,18,20,21). The first kappa shape index (κ1) is 15.1. The van der Waals surface area contributed by atoms with E-state index in [1.807, 2.05) is 30.3 Å². The highest BCUT2D eigenvalue weighted by molar-refractivity contribution is 5.87. The van der Waals surface area contributed by atoms with Crippen LogP contribution >= 0.6 is 0 Å². The molecule has 0 fully saturated rings. The molecule has 2 rings (SSSR count). The summed E-state index contributed by atoms with van der Waals surface area (Å²) in [6, 6.07) is 15.7. The molecule has 2 aromatic carbocycles. The van der Waals surface area contributed by atoms with E-state index < -0.39 is 6.03 Å². The summed E-state index contributed by atoms with van der Waals surface area (Å²) in [5.41, 5.74) is 9.55. The van der Waals surface area contributed by atoms with Crippen LogP contribution in [0.5, 0.6) is 0 Å². The molecule has 4 nitrogen and oxygen atoms in total. The van der Waals surface area contributed by atoms with Crippen molar-refractivity contribution >= 4 is 11.7 Å². The maximum absolute atomic E-state index is 10.8. The molecule has 1 atom stereocenters. The summed E-state index contributed by atoms with van der Waals surface area (Å²) in [7, 11) is 0. The van der Waals surface area contributed by atoms with Crippen LogP contribution in [0.25, 0.3) is 0 Å². The molecule has 0 saturated heterocycles. The van der Waals surface area contributed by atoms with Crippen molar-refractivity contribution in [3.05, 3.63) is 65.2 Å². The second-order valence-electron chi connectivity index (χ2n) is 5.14. The average Bonchev–Trinajstić information content (AvgIpc) is 2.46. The van der Waals surface area contributed by atoms with Gasteiger partial charge in [-0.2, -0.15) is 0 Å². The zero-order valence-electron chi connectivity index (χ0n) is 12.4. The minimum absolute atomic E-state index is 0.229. The first-order valence-corrected chi connectivity index (χ1v) is 7.00. The number of carbonyl (C=O) groups is 1. The summed E-state index contributed by atoms with van der Waals surface area (Å²) in [6.45, 7) is 5.07. The lowest BCUT2D eigenvalue weighted by Crippen LogP contribution is -2.20. The highest BCUT2D eigenvalue weighted by Gasteiger charge is 2.06. The lowest BCUT2D eigenvalue weighted by Gasteiger charge is -2.16. The predicted octanol–water partition coefficient (Wildman–Crippen LogP) is 3.34. The van der Waals surface area contributed by atoms with E-state index in [1.165, 1.54) is 16.7 Å². The molecular formula is C17H21N3O. The fourth-order valence-electron chi connectivity index (χ4n) is 2.19. The van der Waals surface area contributed by atoms with Crippen molar-refractivity contribution in [3.8, 4) is 0 Å². The number of amides is 2. The number of urea groups is 1. The molecule has 0 heterocycles. The summed E-state index contributed by atoms with van der Waals surface area (Å²) in [5.74, 6) is 0. The number of aryl methyl sites for hydroxylation is 1. The molecule has 21 heavy (non-hydrogen) atoms. The van der Waals surface area contributed by atoms with Gasteiger partial charge in [0, 0.05) is 18.3 Å². The summed E-state index contributed by atoms with van der Waals surface area (Å²) in [6.07, 6.45) is 0. The van der Waals surface area contributed by atoms with E-state index in [0.717, 1.165) is 6.54 Å². The fraction of sp³-hybridized carbons (Fsp3) is 0.235. The zero-order chi connectivity index (χ0) is 15.2. The summed E-state index contributed by atoms with van der Waals surface area (Å²) < 4.78 is 0. The Morgan fingerprint density at radius 1 is 1.14 bits per heavy atom. The minimum atomic E-state index is -0.548. The third-order valence-electron chi connectivity index (χ3n) is 3.54. The maximum Gasteiger partial charge on any atom is 0.316 e. The Morgan fingerprint density at radius 3 is 2.43 bits per heavy atom. The zero-order valence-corrected chi connectivity index (χ0v) is 12.4. The highest BCUT2D eigenvalue weighted by Crippen LogP contribution is 2.17. The third kappa shape index (κ3) is 4.33. The highest BCUT2D eigenvalue weighted by atomic mass is 16.2. The number of rotatable bonds is 5. The normalized spacial score (nSPS) is 11.9. The maximum atomic E-state index is 10.8. The molecule has 4 N–H and O–H groups in total. The van der Waals surface area contributed by atoms with Gasteiger partial charge in [-0.05, 0) is 42.7 Å². The molecule has 0 spiro atoms. The van der Waals surface area contributed by atoms with Crippen LogP contribution in [0.2, 0.25) is 0 Å². The van der Waals surface area contributed by atoms with Crippen molar-refractivity contribution in [2.45, 2.75) is 26.4 Å². The minimum Gasteiger partial charge on any atom is -0.351 e. The van der Waals surface area contributed by atoms with Crippen molar-refractivity contribution in [2.24, 2.45) is 5.73 Å². The Balaban J connectivity index is 1.95. The number of primary amides is 1. The van der Waals surface area contributed by atoms with E-state index in [4.69, 9.17) is 5.73 Å². The Labute approximate surface area is 125 Å². The van der Waals surface area contributed by atoms with Crippen LogP contribution in [0.4, 0.5) is 10.5 Å². The molecule has 4 heteroatoms. The van der Waals surface area contributed by atoms with Crippen LogP contribution in [0.1, 0.15) is 29.7 Å². The Hall–Kier alpha value is -2.33. The Kier molecular flexibility index (Phi) is 4.95. The van der Waals surface area contributed by atoms with Gasteiger partial charge in [-0.25, -0.2) is 4.79 Å². The Bertz CT molecular complexity index is 608. The molecule has 110 valence electrons. The molecular weight excluding hydrogens is 262 g/mol. The van der Waals surface area contributed by atoms with Crippen molar-refractivity contribution in [1.29, 1.82) is 0 Å². The van der Waals surface area contributed by atoms with Crippen LogP contribution in [-0.2, 0) is 6.54 Å². The molecule has 0 aliphatic rings. The average molecular weight is 283 g/mol. The lowest BCUT2D eigenvalue weighted by molar-refractivity contribution is 0.259. The van der Waals surface area contributed by atoms with Gasteiger partial charge < -0.3 is 16.4 Å². The van der Waals surface area contributed by atoms with Crippen molar-refractivity contribution in [1.82, 2.24) is 5.32 Å². The predicted molar refractivity (Wildman–Crippen MR) is 86.1 cm³/mol. The molecule has 2 amide bonds. The van der Waals surface area contributed by atoms with Gasteiger partial charge in [-0.15, -0.1) is 0 Å². The molecule has 0 bridgehead atoms. The van der Waals surface area contributed by atoms with Gasteiger partial charge in [0.15, 0.2) is 0 Å². The van der Waals surface area contributed by atoms with Gasteiger partial charge in [0.2, 0.25) is 0 Å². The summed E-state index contributed by atoms with van der Waals surface area (Å²) >= 11 is 0. The van der Waals surface area contributed by atoms with Gasteiger partial charge in [-0.1, -0.05) is 36.4 Å². The first-order valence-electron chi connectivity index (χ1n) is 7.00. The van der Waals surface area contributed by atoms with Crippen molar-refractivity contribution in [3.63, 3.8) is 0 Å². The van der Waals surface area contributed by atoms with Crippen molar-refractivity contribution < 1.29 is 4.79 Å². The number of hydrogen-bond acceptors (Lipinski definition) is 2. The smallest absolute Gasteiger partial charge is 0.316 e.